The third kappa shape index (κ3) is 4.31. The van der Waals surface area contributed by atoms with Gasteiger partial charge in [0.25, 0.3) is 0 Å². The summed E-state index contributed by atoms with van der Waals surface area (Å²) in [4.78, 5) is 25.0. The lowest BCUT2D eigenvalue weighted by atomic mass is 9.85. The van der Waals surface area contributed by atoms with Crippen LogP contribution in [0.15, 0.2) is 12.3 Å². The van der Waals surface area contributed by atoms with Gasteiger partial charge in [-0.15, -0.1) is 0 Å². The summed E-state index contributed by atoms with van der Waals surface area (Å²) in [5, 5.41) is 19.1. The number of hydrogen-bond acceptors (Lipinski definition) is 4. The van der Waals surface area contributed by atoms with Gasteiger partial charge in [-0.2, -0.15) is 5.10 Å². The molecule has 2 amide bonds. The first-order valence-corrected chi connectivity index (χ1v) is 9.04. The van der Waals surface area contributed by atoms with E-state index in [9.17, 15) is 9.59 Å². The fourth-order valence-corrected chi connectivity index (χ4v) is 3.53. The van der Waals surface area contributed by atoms with Crippen LogP contribution < -0.4 is 10.6 Å². The minimum atomic E-state index is -0.811. The monoisotopic (exact) mass is 349 g/mol. The van der Waals surface area contributed by atoms with E-state index in [1.54, 1.807) is 6.20 Å². The zero-order valence-electron chi connectivity index (χ0n) is 14.8. The van der Waals surface area contributed by atoms with Crippen molar-refractivity contribution >= 4 is 17.8 Å². The fraction of sp³-hybridized carbons (Fsp3) is 0.706. The van der Waals surface area contributed by atoms with Crippen LogP contribution in [0.1, 0.15) is 45.6 Å². The van der Waals surface area contributed by atoms with Gasteiger partial charge in [-0.1, -0.05) is 6.92 Å². The summed E-state index contributed by atoms with van der Waals surface area (Å²) >= 11 is 0. The summed E-state index contributed by atoms with van der Waals surface area (Å²) < 4.78 is 1.88. The lowest BCUT2D eigenvalue weighted by Crippen LogP contribution is -2.55. The van der Waals surface area contributed by atoms with E-state index in [2.05, 4.69) is 22.7 Å². The normalized spacial score (nSPS) is 23.8. The number of carbonyl (C=O) groups excluding carboxylic acids is 1. The van der Waals surface area contributed by atoms with E-state index in [-0.39, 0.29) is 24.7 Å². The molecule has 1 heterocycles. The summed E-state index contributed by atoms with van der Waals surface area (Å²) in [7, 11) is 0. The number of nitrogens with zero attached hydrogens (tertiary/aromatic N) is 3. The number of hydrogen-bond donors (Lipinski definition) is 3. The van der Waals surface area contributed by atoms with E-state index in [1.807, 2.05) is 22.6 Å². The van der Waals surface area contributed by atoms with Crippen LogP contribution >= 0.6 is 0 Å². The van der Waals surface area contributed by atoms with Crippen molar-refractivity contribution in [3.63, 3.8) is 0 Å². The van der Waals surface area contributed by atoms with Crippen molar-refractivity contribution in [2.45, 2.75) is 57.7 Å². The van der Waals surface area contributed by atoms with Crippen LogP contribution in [0.4, 0.5) is 10.6 Å². The van der Waals surface area contributed by atoms with Gasteiger partial charge in [0.2, 0.25) is 0 Å². The Bertz CT molecular complexity index is 622. The average molecular weight is 349 g/mol. The molecule has 2 saturated carbocycles. The third-order valence-electron chi connectivity index (χ3n) is 5.31. The van der Waals surface area contributed by atoms with Crippen LogP contribution in [0, 0.1) is 5.92 Å². The second-order valence-electron chi connectivity index (χ2n) is 7.12. The minimum absolute atomic E-state index is 0.0539. The molecule has 138 valence electrons. The predicted molar refractivity (Wildman–Crippen MR) is 93.5 cm³/mol. The van der Waals surface area contributed by atoms with Crippen molar-refractivity contribution in [3.05, 3.63) is 12.3 Å². The van der Waals surface area contributed by atoms with Gasteiger partial charge in [0.15, 0.2) is 0 Å². The molecule has 0 saturated heterocycles. The molecular weight excluding hydrogens is 322 g/mol. The zero-order valence-corrected chi connectivity index (χ0v) is 14.8. The highest BCUT2D eigenvalue weighted by Crippen LogP contribution is 2.40. The lowest BCUT2D eigenvalue weighted by Gasteiger charge is -2.42. The van der Waals surface area contributed by atoms with Crippen LogP contribution in [0.25, 0.3) is 0 Å². The number of aliphatic carboxylic acids is 1. The highest BCUT2D eigenvalue weighted by Gasteiger charge is 2.35. The summed E-state index contributed by atoms with van der Waals surface area (Å²) in [6.07, 6.45) is 5.72. The first-order valence-electron chi connectivity index (χ1n) is 9.04. The molecule has 1 atom stereocenters. The van der Waals surface area contributed by atoms with Gasteiger partial charge in [0.05, 0.1) is 18.8 Å². The lowest BCUT2D eigenvalue weighted by molar-refractivity contribution is -0.139. The number of likely N-dealkylation sites (N-methyl/N-ethyl adjacent to an activating group) is 1. The Morgan fingerprint density at radius 1 is 1.44 bits per heavy atom. The Morgan fingerprint density at radius 3 is 2.76 bits per heavy atom. The Balaban J connectivity index is 1.45. The van der Waals surface area contributed by atoms with E-state index in [4.69, 9.17) is 5.11 Å². The van der Waals surface area contributed by atoms with Gasteiger partial charge >= 0.3 is 12.0 Å². The second kappa shape index (κ2) is 7.43. The molecule has 1 aromatic heterocycles. The number of urea groups is 1. The third-order valence-corrected chi connectivity index (χ3v) is 5.31. The number of carboxylic acid groups (broad SMARTS) is 1. The Labute approximate surface area is 147 Å². The number of anilines is 1. The molecule has 0 bridgehead atoms. The number of carbonyl (C=O) groups is 2. The maximum atomic E-state index is 12.2. The van der Waals surface area contributed by atoms with Crippen molar-refractivity contribution in [1.82, 2.24) is 20.0 Å². The van der Waals surface area contributed by atoms with Crippen LogP contribution in [0.3, 0.4) is 0 Å². The van der Waals surface area contributed by atoms with Crippen molar-refractivity contribution in [2.75, 3.05) is 18.4 Å². The van der Waals surface area contributed by atoms with E-state index in [0.717, 1.165) is 12.8 Å². The first-order chi connectivity index (χ1) is 12.0. The molecule has 2 aliphatic carbocycles. The number of nitrogens with one attached hydrogen (secondary N) is 2. The van der Waals surface area contributed by atoms with Crippen molar-refractivity contribution in [1.29, 1.82) is 0 Å². The van der Waals surface area contributed by atoms with Gasteiger partial charge in [-0.3, -0.25) is 15.0 Å². The zero-order chi connectivity index (χ0) is 18.0. The highest BCUT2D eigenvalue weighted by atomic mass is 16.4. The summed E-state index contributed by atoms with van der Waals surface area (Å²) in [6, 6.07) is 2.20. The smallest absolute Gasteiger partial charge is 0.320 e. The molecular formula is C17H27N5O3. The number of carboxylic acids is 1. The van der Waals surface area contributed by atoms with Gasteiger partial charge in [0.1, 0.15) is 5.82 Å². The largest absolute Gasteiger partial charge is 0.480 e. The van der Waals surface area contributed by atoms with E-state index < -0.39 is 5.97 Å². The fourth-order valence-electron chi connectivity index (χ4n) is 3.53. The van der Waals surface area contributed by atoms with Crippen molar-refractivity contribution < 1.29 is 14.7 Å². The summed E-state index contributed by atoms with van der Waals surface area (Å²) in [5.74, 6) is 0.563. The molecule has 0 radical (unpaired) electrons. The van der Waals surface area contributed by atoms with Gasteiger partial charge in [0, 0.05) is 18.2 Å². The van der Waals surface area contributed by atoms with E-state index in [1.165, 1.54) is 12.8 Å². The topological polar surface area (TPSA) is 99.5 Å². The molecule has 3 N–H and O–H groups in total. The maximum absolute atomic E-state index is 12.2. The first kappa shape index (κ1) is 17.7. The molecule has 0 aromatic carbocycles. The summed E-state index contributed by atoms with van der Waals surface area (Å²) in [6.45, 7) is 4.84. The highest BCUT2D eigenvalue weighted by molar-refractivity contribution is 5.88. The molecule has 2 aliphatic rings. The predicted octanol–water partition coefficient (Wildman–Crippen LogP) is 1.91. The molecule has 0 aliphatic heterocycles. The van der Waals surface area contributed by atoms with Crippen molar-refractivity contribution in [3.8, 4) is 0 Å². The van der Waals surface area contributed by atoms with Crippen molar-refractivity contribution in [2.24, 2.45) is 5.92 Å². The molecule has 0 spiro atoms. The Morgan fingerprint density at radius 2 is 2.16 bits per heavy atom. The number of rotatable bonds is 8. The molecule has 1 unspecified atom stereocenters. The molecule has 8 nitrogen and oxygen atoms in total. The SMILES string of the molecule is CCN(CC(=O)O)C1CC(NC(=O)Nc2ccnn2C(C)C2CC2)C1. The van der Waals surface area contributed by atoms with Crippen LogP contribution in [-0.4, -0.2) is 57.0 Å². The average Bonchev–Trinajstić information content (AvgIpc) is 3.28. The summed E-state index contributed by atoms with van der Waals surface area (Å²) in [5.41, 5.74) is 0. The van der Waals surface area contributed by atoms with E-state index in [0.29, 0.717) is 24.3 Å². The number of aromatic nitrogens is 2. The molecule has 8 heteroatoms. The quantitative estimate of drug-likeness (QED) is 0.666. The Kier molecular flexibility index (Phi) is 5.27. The molecule has 25 heavy (non-hydrogen) atoms. The van der Waals surface area contributed by atoms with Gasteiger partial charge in [-0.05, 0) is 45.1 Å². The molecule has 1 aromatic rings. The van der Waals surface area contributed by atoms with Crippen LogP contribution in [0.2, 0.25) is 0 Å². The van der Waals surface area contributed by atoms with E-state index >= 15 is 0 Å². The van der Waals surface area contributed by atoms with Crippen LogP contribution in [-0.2, 0) is 4.79 Å². The standard InChI is InChI=1S/C17H27N5O3/c1-3-21(10-16(23)24)14-8-13(9-14)19-17(25)20-15-6-7-18-22(15)11(2)12-4-5-12/h6-7,11-14H,3-5,8-10H2,1-2H3,(H,23,24)(H2,19,20,25). The van der Waals surface area contributed by atoms with Gasteiger partial charge < -0.3 is 10.4 Å². The second-order valence-corrected chi connectivity index (χ2v) is 7.12. The number of amides is 2. The maximum Gasteiger partial charge on any atom is 0.320 e. The Hall–Kier alpha value is -2.09. The molecule has 3 rings (SSSR count). The van der Waals surface area contributed by atoms with Crippen LogP contribution in [0.5, 0.6) is 0 Å². The molecule has 2 fully saturated rings. The minimum Gasteiger partial charge on any atom is -0.480 e. The van der Waals surface area contributed by atoms with Gasteiger partial charge in [-0.25, -0.2) is 9.48 Å².